The van der Waals surface area contributed by atoms with Gasteiger partial charge in [0, 0.05) is 5.25 Å². The number of hydrogen-bond acceptors (Lipinski definition) is 1. The molecule has 0 radical (unpaired) electrons. The Morgan fingerprint density at radius 2 is 2.00 bits per heavy atom. The summed E-state index contributed by atoms with van der Waals surface area (Å²) in [5, 5.41) is 0.952. The van der Waals surface area contributed by atoms with Crippen LogP contribution in [0.1, 0.15) is 53.4 Å². The quantitative estimate of drug-likeness (QED) is 0.659. The van der Waals surface area contributed by atoms with E-state index >= 15 is 0 Å². The minimum atomic E-state index is 0.907. The lowest BCUT2D eigenvalue weighted by atomic mass is 9.84. The van der Waals surface area contributed by atoms with Gasteiger partial charge in [-0.1, -0.05) is 40.5 Å². The summed E-state index contributed by atoms with van der Waals surface area (Å²) in [6, 6.07) is 0. The number of thioether (sulfide) groups is 1. The van der Waals surface area contributed by atoms with Crippen molar-refractivity contribution in [2.45, 2.75) is 58.6 Å². The molecule has 14 heavy (non-hydrogen) atoms. The molecule has 0 saturated heterocycles. The molecule has 0 aliphatic heterocycles. The molecule has 4 atom stereocenters. The van der Waals surface area contributed by atoms with E-state index in [-0.39, 0.29) is 0 Å². The largest absolute Gasteiger partial charge is 0.158 e. The Morgan fingerprint density at radius 1 is 1.29 bits per heavy atom. The minimum Gasteiger partial charge on any atom is -0.158 e. The summed E-state index contributed by atoms with van der Waals surface area (Å²) in [4.78, 5) is 0. The molecule has 0 aromatic heterocycles. The molecule has 0 nitrogen and oxygen atoms in total. The molecule has 0 bridgehead atoms. The van der Waals surface area contributed by atoms with Crippen LogP contribution in [0.4, 0.5) is 0 Å². The topological polar surface area (TPSA) is 0 Å². The molecule has 84 valence electrons. The van der Waals surface area contributed by atoms with E-state index in [1.165, 1.54) is 31.4 Å². The summed E-state index contributed by atoms with van der Waals surface area (Å²) >= 11 is 2.24. The standard InChI is InChI=1S/C13H26S/c1-5-10(2)9-14-13-8-11(3)6-7-12(13)4/h10-13H,5-9H2,1-4H3. The van der Waals surface area contributed by atoms with Gasteiger partial charge in [-0.3, -0.25) is 0 Å². The smallest absolute Gasteiger partial charge is 0.00753 e. The Bertz CT molecular complexity index is 155. The lowest BCUT2D eigenvalue weighted by molar-refractivity contribution is 0.318. The Labute approximate surface area is 94.2 Å². The maximum atomic E-state index is 2.44. The van der Waals surface area contributed by atoms with Gasteiger partial charge in [0.25, 0.3) is 0 Å². The van der Waals surface area contributed by atoms with Gasteiger partial charge < -0.3 is 0 Å². The second kappa shape index (κ2) is 6.05. The van der Waals surface area contributed by atoms with Crippen LogP contribution in [0, 0.1) is 17.8 Å². The van der Waals surface area contributed by atoms with Crippen LogP contribution in [0.3, 0.4) is 0 Å². The van der Waals surface area contributed by atoms with Gasteiger partial charge in [0.15, 0.2) is 0 Å². The maximum absolute atomic E-state index is 2.44. The second-order valence-electron chi connectivity index (χ2n) is 5.28. The molecule has 1 heteroatoms. The summed E-state index contributed by atoms with van der Waals surface area (Å²) < 4.78 is 0. The zero-order valence-electron chi connectivity index (χ0n) is 10.3. The zero-order valence-corrected chi connectivity index (χ0v) is 11.1. The van der Waals surface area contributed by atoms with E-state index in [1.54, 1.807) is 0 Å². The highest BCUT2D eigenvalue weighted by Crippen LogP contribution is 2.36. The van der Waals surface area contributed by atoms with Crippen LogP contribution in [-0.2, 0) is 0 Å². The zero-order chi connectivity index (χ0) is 10.6. The normalized spacial score (nSPS) is 35.6. The Morgan fingerprint density at radius 3 is 2.64 bits per heavy atom. The first-order chi connectivity index (χ1) is 6.63. The molecule has 0 aromatic rings. The van der Waals surface area contributed by atoms with Gasteiger partial charge in [-0.15, -0.1) is 0 Å². The lowest BCUT2D eigenvalue weighted by Gasteiger charge is -2.32. The lowest BCUT2D eigenvalue weighted by Crippen LogP contribution is -2.24. The summed E-state index contributed by atoms with van der Waals surface area (Å²) in [5.74, 6) is 4.21. The SMILES string of the molecule is CCC(C)CSC1CC(C)CCC1C. The highest BCUT2D eigenvalue weighted by atomic mass is 32.2. The molecule has 0 amide bonds. The predicted molar refractivity (Wildman–Crippen MR) is 67.9 cm³/mol. The van der Waals surface area contributed by atoms with Crippen molar-refractivity contribution in [1.82, 2.24) is 0 Å². The van der Waals surface area contributed by atoms with Crippen molar-refractivity contribution < 1.29 is 0 Å². The first kappa shape index (κ1) is 12.4. The van der Waals surface area contributed by atoms with E-state index in [9.17, 15) is 0 Å². The van der Waals surface area contributed by atoms with Crippen LogP contribution in [0.25, 0.3) is 0 Å². The molecular weight excluding hydrogens is 188 g/mol. The van der Waals surface area contributed by atoms with Crippen LogP contribution in [-0.4, -0.2) is 11.0 Å². The summed E-state index contributed by atoms with van der Waals surface area (Å²) in [6.07, 6.45) is 5.72. The van der Waals surface area contributed by atoms with Gasteiger partial charge in [0.2, 0.25) is 0 Å². The van der Waals surface area contributed by atoms with Crippen molar-refractivity contribution in [3.8, 4) is 0 Å². The third kappa shape index (κ3) is 3.84. The van der Waals surface area contributed by atoms with E-state index in [2.05, 4.69) is 39.5 Å². The fourth-order valence-electron chi connectivity index (χ4n) is 2.12. The van der Waals surface area contributed by atoms with Gasteiger partial charge in [0.05, 0.1) is 0 Å². The molecule has 1 saturated carbocycles. The Kier molecular flexibility index (Phi) is 5.36. The second-order valence-corrected chi connectivity index (χ2v) is 6.55. The van der Waals surface area contributed by atoms with E-state index in [1.807, 2.05) is 0 Å². The van der Waals surface area contributed by atoms with Crippen molar-refractivity contribution in [1.29, 1.82) is 0 Å². The van der Waals surface area contributed by atoms with E-state index in [4.69, 9.17) is 0 Å². The summed E-state index contributed by atoms with van der Waals surface area (Å²) in [6.45, 7) is 9.55. The molecule has 0 spiro atoms. The highest BCUT2D eigenvalue weighted by molar-refractivity contribution is 7.99. The first-order valence-electron chi connectivity index (χ1n) is 6.25. The van der Waals surface area contributed by atoms with Crippen LogP contribution >= 0.6 is 11.8 Å². The molecule has 0 heterocycles. The Hall–Kier alpha value is 0.350. The van der Waals surface area contributed by atoms with Gasteiger partial charge in [0.1, 0.15) is 0 Å². The van der Waals surface area contributed by atoms with Gasteiger partial charge in [-0.05, 0) is 36.3 Å². The monoisotopic (exact) mass is 214 g/mol. The van der Waals surface area contributed by atoms with E-state index < -0.39 is 0 Å². The molecule has 1 aliphatic rings. The average Bonchev–Trinajstić information content (AvgIpc) is 2.19. The molecule has 1 rings (SSSR count). The molecular formula is C13H26S. The number of rotatable bonds is 4. The Balaban J connectivity index is 2.27. The fourth-order valence-corrected chi connectivity index (χ4v) is 3.86. The number of hydrogen-bond donors (Lipinski definition) is 0. The minimum absolute atomic E-state index is 0.907. The van der Waals surface area contributed by atoms with Crippen molar-refractivity contribution in [3.05, 3.63) is 0 Å². The molecule has 0 aromatic carbocycles. The molecule has 4 unspecified atom stereocenters. The van der Waals surface area contributed by atoms with Crippen LogP contribution in [0.15, 0.2) is 0 Å². The van der Waals surface area contributed by atoms with Crippen LogP contribution in [0.5, 0.6) is 0 Å². The molecule has 0 N–H and O–H groups in total. The van der Waals surface area contributed by atoms with Crippen LogP contribution in [0.2, 0.25) is 0 Å². The highest BCUT2D eigenvalue weighted by Gasteiger charge is 2.25. The van der Waals surface area contributed by atoms with Gasteiger partial charge in [-0.2, -0.15) is 11.8 Å². The fraction of sp³-hybridized carbons (Fsp3) is 1.00. The molecule has 1 fully saturated rings. The van der Waals surface area contributed by atoms with E-state index in [0.29, 0.717) is 0 Å². The maximum Gasteiger partial charge on any atom is 0.00753 e. The van der Waals surface area contributed by atoms with Crippen molar-refractivity contribution >= 4 is 11.8 Å². The molecule has 1 aliphatic carbocycles. The predicted octanol–water partition coefficient (Wildman–Crippen LogP) is 4.59. The van der Waals surface area contributed by atoms with E-state index in [0.717, 1.165) is 23.0 Å². The third-order valence-corrected chi connectivity index (χ3v) is 5.52. The third-order valence-electron chi connectivity index (χ3n) is 3.68. The van der Waals surface area contributed by atoms with Crippen molar-refractivity contribution in [3.63, 3.8) is 0 Å². The van der Waals surface area contributed by atoms with Gasteiger partial charge >= 0.3 is 0 Å². The van der Waals surface area contributed by atoms with Crippen molar-refractivity contribution in [2.24, 2.45) is 17.8 Å². The average molecular weight is 214 g/mol. The van der Waals surface area contributed by atoms with Crippen LogP contribution < -0.4 is 0 Å². The summed E-state index contributed by atoms with van der Waals surface area (Å²) in [5.41, 5.74) is 0. The van der Waals surface area contributed by atoms with Gasteiger partial charge in [-0.25, -0.2) is 0 Å². The van der Waals surface area contributed by atoms with Crippen molar-refractivity contribution in [2.75, 3.05) is 5.75 Å². The summed E-state index contributed by atoms with van der Waals surface area (Å²) in [7, 11) is 0. The first-order valence-corrected chi connectivity index (χ1v) is 7.30.